The summed E-state index contributed by atoms with van der Waals surface area (Å²) in [6.07, 6.45) is 3.65. The van der Waals surface area contributed by atoms with Crippen LogP contribution in [0, 0.1) is 19.7 Å². The highest BCUT2D eigenvalue weighted by Crippen LogP contribution is 2.23. The van der Waals surface area contributed by atoms with Crippen LogP contribution in [0.25, 0.3) is 0 Å². The molecule has 1 N–H and O–H groups in total. The minimum absolute atomic E-state index is 0.0208. The molecular weight excluding hydrogens is 239 g/mol. The monoisotopic (exact) mass is 258 g/mol. The van der Waals surface area contributed by atoms with Crippen molar-refractivity contribution in [3.05, 3.63) is 64.7 Å². The summed E-state index contributed by atoms with van der Waals surface area (Å²) in [5, 5.41) is 3.38. The molecule has 0 saturated heterocycles. The molecule has 1 atom stereocenters. The topological polar surface area (TPSA) is 24.9 Å². The fourth-order valence-corrected chi connectivity index (χ4v) is 2.16. The Balaban J connectivity index is 2.42. The average Bonchev–Trinajstić information content (AvgIpc) is 2.39. The minimum atomic E-state index is -0.166. The van der Waals surface area contributed by atoms with E-state index in [1.165, 1.54) is 0 Å². The lowest BCUT2D eigenvalue weighted by Gasteiger charge is -2.19. The Kier molecular flexibility index (Phi) is 4.27. The molecule has 2 rings (SSSR count). The fourth-order valence-electron chi connectivity index (χ4n) is 2.16. The van der Waals surface area contributed by atoms with Crippen molar-refractivity contribution in [1.29, 1.82) is 0 Å². The van der Waals surface area contributed by atoms with Gasteiger partial charge in [-0.15, -0.1) is 0 Å². The standard InChI is InChI=1S/C16H19FN2/c1-4-19-16(14-7-11(2)9-18-10-14)13-6-5-12(3)15(17)8-13/h5-10,16,19H,4H2,1-3H3. The van der Waals surface area contributed by atoms with Gasteiger partial charge < -0.3 is 5.32 Å². The number of aromatic nitrogens is 1. The van der Waals surface area contributed by atoms with E-state index in [1.54, 1.807) is 13.0 Å². The quantitative estimate of drug-likeness (QED) is 0.907. The highest BCUT2D eigenvalue weighted by molar-refractivity contribution is 5.34. The molecule has 3 heteroatoms. The summed E-state index contributed by atoms with van der Waals surface area (Å²) in [6, 6.07) is 7.45. The van der Waals surface area contributed by atoms with Gasteiger partial charge >= 0.3 is 0 Å². The molecule has 0 amide bonds. The van der Waals surface area contributed by atoms with E-state index in [0.29, 0.717) is 5.56 Å². The molecule has 1 heterocycles. The van der Waals surface area contributed by atoms with Crippen molar-refractivity contribution in [3.8, 4) is 0 Å². The third-order valence-electron chi connectivity index (χ3n) is 3.17. The predicted molar refractivity (Wildman–Crippen MR) is 75.6 cm³/mol. The molecule has 2 nitrogen and oxygen atoms in total. The second-order valence-electron chi connectivity index (χ2n) is 4.79. The predicted octanol–water partition coefficient (Wildman–Crippen LogP) is 3.54. The van der Waals surface area contributed by atoms with E-state index in [4.69, 9.17) is 0 Å². The number of nitrogens with zero attached hydrogens (tertiary/aromatic N) is 1. The molecule has 1 unspecified atom stereocenters. The van der Waals surface area contributed by atoms with Gasteiger partial charge in [-0.25, -0.2) is 4.39 Å². The van der Waals surface area contributed by atoms with Gasteiger partial charge in [0.05, 0.1) is 6.04 Å². The molecule has 100 valence electrons. The zero-order valence-corrected chi connectivity index (χ0v) is 11.6. The second kappa shape index (κ2) is 5.93. The Bertz CT molecular complexity index is 566. The van der Waals surface area contributed by atoms with E-state index in [1.807, 2.05) is 38.4 Å². The first-order valence-electron chi connectivity index (χ1n) is 6.52. The molecule has 0 bridgehead atoms. The van der Waals surface area contributed by atoms with Crippen LogP contribution in [0.4, 0.5) is 4.39 Å². The summed E-state index contributed by atoms with van der Waals surface area (Å²) in [4.78, 5) is 4.22. The van der Waals surface area contributed by atoms with Crippen molar-refractivity contribution < 1.29 is 4.39 Å². The Morgan fingerprint density at radius 3 is 2.58 bits per heavy atom. The molecular formula is C16H19FN2. The van der Waals surface area contributed by atoms with Gasteiger partial charge in [0.1, 0.15) is 5.82 Å². The SMILES string of the molecule is CCNC(c1cncc(C)c1)c1ccc(C)c(F)c1. The molecule has 0 radical (unpaired) electrons. The van der Waals surface area contributed by atoms with Crippen LogP contribution in [-0.4, -0.2) is 11.5 Å². The van der Waals surface area contributed by atoms with Crippen LogP contribution < -0.4 is 5.32 Å². The Morgan fingerprint density at radius 1 is 1.16 bits per heavy atom. The van der Waals surface area contributed by atoms with Crippen LogP contribution in [0.2, 0.25) is 0 Å². The Morgan fingerprint density at radius 2 is 1.95 bits per heavy atom. The fraction of sp³-hybridized carbons (Fsp3) is 0.312. The maximum atomic E-state index is 13.7. The van der Waals surface area contributed by atoms with Crippen molar-refractivity contribution in [3.63, 3.8) is 0 Å². The van der Waals surface area contributed by atoms with Crippen molar-refractivity contribution in [2.75, 3.05) is 6.54 Å². The third-order valence-corrected chi connectivity index (χ3v) is 3.17. The first-order chi connectivity index (χ1) is 9.11. The second-order valence-corrected chi connectivity index (χ2v) is 4.79. The lowest BCUT2D eigenvalue weighted by atomic mass is 9.98. The maximum absolute atomic E-state index is 13.7. The Hall–Kier alpha value is -1.74. The molecule has 2 aromatic rings. The normalized spacial score (nSPS) is 12.4. The summed E-state index contributed by atoms with van der Waals surface area (Å²) in [6.45, 7) is 6.64. The van der Waals surface area contributed by atoms with Gasteiger partial charge in [-0.3, -0.25) is 4.98 Å². The zero-order valence-electron chi connectivity index (χ0n) is 11.6. The molecule has 1 aromatic carbocycles. The van der Waals surface area contributed by atoms with E-state index in [0.717, 1.165) is 23.2 Å². The molecule has 0 spiro atoms. The van der Waals surface area contributed by atoms with Crippen LogP contribution in [0.1, 0.15) is 35.2 Å². The van der Waals surface area contributed by atoms with E-state index < -0.39 is 0 Å². The van der Waals surface area contributed by atoms with Gasteiger partial charge in [-0.05, 0) is 48.7 Å². The number of halogens is 1. The first kappa shape index (κ1) is 13.7. The zero-order chi connectivity index (χ0) is 13.8. The van der Waals surface area contributed by atoms with Gasteiger partial charge in [0.2, 0.25) is 0 Å². The van der Waals surface area contributed by atoms with Crippen LogP contribution in [-0.2, 0) is 0 Å². The summed E-state index contributed by atoms with van der Waals surface area (Å²) >= 11 is 0. The summed E-state index contributed by atoms with van der Waals surface area (Å²) < 4.78 is 13.7. The van der Waals surface area contributed by atoms with E-state index >= 15 is 0 Å². The van der Waals surface area contributed by atoms with Crippen LogP contribution in [0.5, 0.6) is 0 Å². The number of nitrogens with one attached hydrogen (secondary N) is 1. The maximum Gasteiger partial charge on any atom is 0.126 e. The average molecular weight is 258 g/mol. The molecule has 19 heavy (non-hydrogen) atoms. The minimum Gasteiger partial charge on any atom is -0.306 e. The van der Waals surface area contributed by atoms with Crippen LogP contribution >= 0.6 is 0 Å². The highest BCUT2D eigenvalue weighted by Gasteiger charge is 2.14. The van der Waals surface area contributed by atoms with Gasteiger partial charge in [0, 0.05) is 12.4 Å². The van der Waals surface area contributed by atoms with Gasteiger partial charge in [0.25, 0.3) is 0 Å². The number of hydrogen-bond acceptors (Lipinski definition) is 2. The van der Waals surface area contributed by atoms with Crippen molar-refractivity contribution in [2.45, 2.75) is 26.8 Å². The van der Waals surface area contributed by atoms with E-state index in [9.17, 15) is 4.39 Å². The molecule has 1 aromatic heterocycles. The van der Waals surface area contributed by atoms with Crippen molar-refractivity contribution >= 4 is 0 Å². The lowest BCUT2D eigenvalue weighted by Crippen LogP contribution is -2.22. The number of benzene rings is 1. The number of rotatable bonds is 4. The van der Waals surface area contributed by atoms with Crippen LogP contribution in [0.15, 0.2) is 36.7 Å². The number of aryl methyl sites for hydroxylation is 2. The van der Waals surface area contributed by atoms with E-state index in [2.05, 4.69) is 16.4 Å². The molecule has 0 aliphatic rings. The summed E-state index contributed by atoms with van der Waals surface area (Å²) in [5.41, 5.74) is 3.76. The van der Waals surface area contributed by atoms with Gasteiger partial charge in [0.15, 0.2) is 0 Å². The molecule has 0 aliphatic carbocycles. The highest BCUT2D eigenvalue weighted by atomic mass is 19.1. The molecule has 0 fully saturated rings. The molecule has 0 saturated carbocycles. The molecule has 0 aliphatic heterocycles. The van der Waals surface area contributed by atoms with Crippen LogP contribution in [0.3, 0.4) is 0 Å². The summed E-state index contributed by atoms with van der Waals surface area (Å²) in [5.74, 6) is -0.166. The third kappa shape index (κ3) is 3.18. The van der Waals surface area contributed by atoms with Gasteiger partial charge in [-0.2, -0.15) is 0 Å². The van der Waals surface area contributed by atoms with Crippen molar-refractivity contribution in [1.82, 2.24) is 10.3 Å². The smallest absolute Gasteiger partial charge is 0.126 e. The summed E-state index contributed by atoms with van der Waals surface area (Å²) in [7, 11) is 0. The van der Waals surface area contributed by atoms with E-state index in [-0.39, 0.29) is 11.9 Å². The number of hydrogen-bond donors (Lipinski definition) is 1. The van der Waals surface area contributed by atoms with Crippen molar-refractivity contribution in [2.24, 2.45) is 0 Å². The first-order valence-corrected chi connectivity index (χ1v) is 6.52. The largest absolute Gasteiger partial charge is 0.306 e. The Labute approximate surface area is 113 Å². The lowest BCUT2D eigenvalue weighted by molar-refractivity contribution is 0.596. The van der Waals surface area contributed by atoms with Gasteiger partial charge in [-0.1, -0.05) is 25.1 Å². The number of pyridine rings is 1.